The molecule has 2 fully saturated rings. The largest absolute Gasteiger partial charge is 0.462 e. The van der Waals surface area contributed by atoms with E-state index in [-0.39, 0.29) is 41.0 Å². The maximum Gasteiger partial charge on any atom is 0.338 e. The van der Waals surface area contributed by atoms with E-state index in [4.69, 9.17) is 13.9 Å². The Hall–Kier alpha value is -3.22. The summed E-state index contributed by atoms with van der Waals surface area (Å²) in [6.45, 7) is 7.11. The summed E-state index contributed by atoms with van der Waals surface area (Å²) in [4.78, 5) is 25.2. The van der Waals surface area contributed by atoms with Crippen LogP contribution in [0.5, 0.6) is 0 Å². The van der Waals surface area contributed by atoms with E-state index in [1.807, 2.05) is 30.3 Å². The van der Waals surface area contributed by atoms with Crippen LogP contribution in [0.25, 0.3) is 0 Å². The van der Waals surface area contributed by atoms with Crippen LogP contribution < -0.4 is 10.4 Å². The molecule has 192 valence electrons. The van der Waals surface area contributed by atoms with Crippen LogP contribution in [-0.4, -0.2) is 39.1 Å². The lowest BCUT2D eigenvalue weighted by Gasteiger charge is -2.44. The van der Waals surface area contributed by atoms with Crippen molar-refractivity contribution in [2.45, 2.75) is 50.9 Å². The Morgan fingerprint density at radius 3 is 1.97 bits per heavy atom. The van der Waals surface area contributed by atoms with Crippen molar-refractivity contribution in [1.82, 2.24) is 0 Å². The molecule has 6 heteroatoms. The summed E-state index contributed by atoms with van der Waals surface area (Å²) >= 11 is 0. The lowest BCUT2D eigenvalue weighted by molar-refractivity contribution is -0.141. The molecule has 5 nitrogen and oxygen atoms in total. The minimum atomic E-state index is -2.78. The smallest absolute Gasteiger partial charge is 0.338 e. The number of hydrogen-bond acceptors (Lipinski definition) is 5. The Morgan fingerprint density at radius 1 is 0.892 bits per heavy atom. The predicted molar refractivity (Wildman–Crippen MR) is 145 cm³/mol. The van der Waals surface area contributed by atoms with E-state index in [2.05, 4.69) is 69.3 Å². The zero-order valence-corrected chi connectivity index (χ0v) is 22.6. The van der Waals surface area contributed by atoms with Gasteiger partial charge < -0.3 is 13.9 Å². The first-order valence-electron chi connectivity index (χ1n) is 13.0. The second-order valence-electron chi connectivity index (χ2n) is 11.1. The first-order valence-corrected chi connectivity index (χ1v) is 14.9. The summed E-state index contributed by atoms with van der Waals surface area (Å²) < 4.78 is 18.9. The van der Waals surface area contributed by atoms with Crippen LogP contribution in [-0.2, 0) is 18.7 Å². The molecule has 4 atom stereocenters. The minimum absolute atomic E-state index is 0.0284. The summed E-state index contributed by atoms with van der Waals surface area (Å²) in [6, 6.07) is 30.0. The summed E-state index contributed by atoms with van der Waals surface area (Å²) in [5, 5.41) is 2.21. The monoisotopic (exact) mass is 514 g/mol. The molecule has 0 N–H and O–H groups in total. The van der Waals surface area contributed by atoms with Gasteiger partial charge in [0.05, 0.1) is 12.0 Å². The van der Waals surface area contributed by atoms with Gasteiger partial charge in [-0.05, 0) is 27.5 Å². The molecule has 37 heavy (non-hydrogen) atoms. The van der Waals surface area contributed by atoms with Crippen molar-refractivity contribution >= 4 is 30.6 Å². The second-order valence-corrected chi connectivity index (χ2v) is 15.4. The number of carbonyl (C=O) groups excluding carboxylic acids is 2. The minimum Gasteiger partial charge on any atom is -0.462 e. The number of hydrogen-bond donors (Lipinski definition) is 0. The standard InChI is InChI=1S/C31H34O5Si/c1-31(2,3)37(23-15-9-5-10-16-23,24-17-11-6-12-18-24)34-21-26-25-19-29(32)35-27(25)20-28(26)36-30(33)22-13-7-4-8-14-22/h4-18,25-28H,19-21H2,1-3H3/t25-,26+,27+,28+/m1/s1. The first kappa shape index (κ1) is 25.4. The summed E-state index contributed by atoms with van der Waals surface area (Å²) in [6.07, 6.45) is 0.214. The molecule has 5 rings (SSSR count). The third-order valence-corrected chi connectivity index (χ3v) is 12.8. The van der Waals surface area contributed by atoms with Crippen molar-refractivity contribution in [2.24, 2.45) is 11.8 Å². The highest BCUT2D eigenvalue weighted by molar-refractivity contribution is 6.99. The Kier molecular flexibility index (Phi) is 7.06. The Balaban J connectivity index is 1.48. The number of benzene rings is 3. The molecule has 1 saturated carbocycles. The summed E-state index contributed by atoms with van der Waals surface area (Å²) in [7, 11) is -2.78. The van der Waals surface area contributed by atoms with E-state index in [0.717, 1.165) is 0 Å². The highest BCUT2D eigenvalue weighted by Crippen LogP contribution is 2.45. The number of fused-ring (bicyclic) bond motifs is 1. The van der Waals surface area contributed by atoms with Crippen molar-refractivity contribution < 1.29 is 23.5 Å². The molecule has 1 heterocycles. The van der Waals surface area contributed by atoms with Crippen LogP contribution in [0.15, 0.2) is 91.0 Å². The fourth-order valence-corrected chi connectivity index (χ4v) is 10.7. The molecule has 1 aliphatic heterocycles. The molecule has 0 spiro atoms. The molecule has 2 aliphatic rings. The lowest BCUT2D eigenvalue weighted by atomic mass is 9.93. The van der Waals surface area contributed by atoms with E-state index >= 15 is 0 Å². The Morgan fingerprint density at radius 2 is 1.43 bits per heavy atom. The number of rotatable bonds is 7. The van der Waals surface area contributed by atoms with Crippen molar-refractivity contribution in [3.63, 3.8) is 0 Å². The molecule has 0 radical (unpaired) electrons. The molecule has 1 saturated heterocycles. The fraction of sp³-hybridized carbons (Fsp3) is 0.355. The number of ether oxygens (including phenoxy) is 2. The molecule has 1 aliphatic carbocycles. The molecule has 3 aromatic rings. The van der Waals surface area contributed by atoms with Gasteiger partial charge in [0.1, 0.15) is 12.2 Å². The molecule has 0 aromatic heterocycles. The van der Waals surface area contributed by atoms with Gasteiger partial charge in [0.25, 0.3) is 8.32 Å². The van der Waals surface area contributed by atoms with Gasteiger partial charge in [0.15, 0.2) is 0 Å². The van der Waals surface area contributed by atoms with E-state index in [9.17, 15) is 9.59 Å². The van der Waals surface area contributed by atoms with Crippen molar-refractivity contribution in [3.8, 4) is 0 Å². The topological polar surface area (TPSA) is 61.8 Å². The van der Waals surface area contributed by atoms with Crippen molar-refractivity contribution in [2.75, 3.05) is 6.61 Å². The van der Waals surface area contributed by atoms with Gasteiger partial charge >= 0.3 is 11.9 Å². The van der Waals surface area contributed by atoms with Crippen LogP contribution in [0.4, 0.5) is 0 Å². The number of carbonyl (C=O) groups is 2. The molecular weight excluding hydrogens is 480 g/mol. The first-order chi connectivity index (χ1) is 17.8. The van der Waals surface area contributed by atoms with Gasteiger partial charge in [0.2, 0.25) is 0 Å². The molecule has 3 aromatic carbocycles. The van der Waals surface area contributed by atoms with Crippen molar-refractivity contribution in [1.29, 1.82) is 0 Å². The zero-order chi connectivity index (χ0) is 26.0. The normalized spacial score (nSPS) is 23.4. The molecule has 0 unspecified atom stereocenters. The average molecular weight is 515 g/mol. The number of esters is 2. The van der Waals surface area contributed by atoms with Crippen molar-refractivity contribution in [3.05, 3.63) is 96.6 Å². The third kappa shape index (κ3) is 4.88. The van der Waals surface area contributed by atoms with E-state index in [0.29, 0.717) is 25.0 Å². The van der Waals surface area contributed by atoms with Gasteiger partial charge in [0, 0.05) is 24.9 Å². The zero-order valence-electron chi connectivity index (χ0n) is 21.6. The van der Waals surface area contributed by atoms with Gasteiger partial charge in [-0.1, -0.05) is 99.6 Å². The average Bonchev–Trinajstić information content (AvgIpc) is 3.41. The van der Waals surface area contributed by atoms with Crippen LogP contribution in [0, 0.1) is 11.8 Å². The highest BCUT2D eigenvalue weighted by Gasteiger charge is 2.55. The molecular formula is C31H34O5Si. The van der Waals surface area contributed by atoms with Gasteiger partial charge in [-0.25, -0.2) is 4.79 Å². The second kappa shape index (κ2) is 10.3. The SMILES string of the molecule is CC(C)(C)[Si](OC[C@H]1[C@H]2CC(=O)O[C@H]2C[C@@H]1OC(=O)c1ccccc1)(c1ccccc1)c1ccccc1. The van der Waals surface area contributed by atoms with Gasteiger partial charge in [-0.2, -0.15) is 0 Å². The summed E-state index contributed by atoms with van der Waals surface area (Å²) in [5.41, 5.74) is 0.517. The fourth-order valence-electron chi connectivity index (χ4n) is 6.09. The third-order valence-electron chi connectivity index (χ3n) is 7.83. The van der Waals surface area contributed by atoms with Crippen LogP contribution >= 0.6 is 0 Å². The molecule has 0 amide bonds. The van der Waals surface area contributed by atoms with E-state index in [1.54, 1.807) is 12.1 Å². The van der Waals surface area contributed by atoms with Crippen LogP contribution in [0.1, 0.15) is 44.0 Å². The molecule has 0 bridgehead atoms. The lowest BCUT2D eigenvalue weighted by Crippen LogP contribution is -2.67. The van der Waals surface area contributed by atoms with Gasteiger partial charge in [-0.3, -0.25) is 4.79 Å². The predicted octanol–water partition coefficient (Wildman–Crippen LogP) is 4.74. The maximum atomic E-state index is 13.0. The van der Waals surface area contributed by atoms with Crippen LogP contribution in [0.2, 0.25) is 5.04 Å². The van der Waals surface area contributed by atoms with E-state index < -0.39 is 8.32 Å². The quantitative estimate of drug-likeness (QED) is 0.337. The van der Waals surface area contributed by atoms with Gasteiger partial charge in [-0.15, -0.1) is 0 Å². The summed E-state index contributed by atoms with van der Waals surface area (Å²) in [5.74, 6) is -0.698. The maximum absolute atomic E-state index is 13.0. The highest BCUT2D eigenvalue weighted by atomic mass is 28.4. The Labute approximate surface area is 219 Å². The Bertz CT molecular complexity index is 1180. The van der Waals surface area contributed by atoms with Crippen LogP contribution in [0.3, 0.4) is 0 Å². The van der Waals surface area contributed by atoms with E-state index in [1.165, 1.54) is 10.4 Å².